The van der Waals surface area contributed by atoms with Gasteiger partial charge in [0.25, 0.3) is 0 Å². The normalized spacial score (nSPS) is 12.8. The summed E-state index contributed by atoms with van der Waals surface area (Å²) in [6.45, 7) is 6.44. The molecule has 1 aromatic heterocycles. The molecule has 5 heteroatoms. The Kier molecular flexibility index (Phi) is 4.84. The van der Waals surface area contributed by atoms with Crippen molar-refractivity contribution in [3.63, 3.8) is 0 Å². The van der Waals surface area contributed by atoms with Gasteiger partial charge in [-0.05, 0) is 20.3 Å². The van der Waals surface area contributed by atoms with E-state index in [4.69, 9.17) is 5.11 Å². The summed E-state index contributed by atoms with van der Waals surface area (Å²) in [5.41, 5.74) is 0.203. The van der Waals surface area contributed by atoms with Gasteiger partial charge in [0, 0.05) is 23.7 Å². The third kappa shape index (κ3) is 3.94. The number of thiazole rings is 1. The lowest BCUT2D eigenvalue weighted by molar-refractivity contribution is -0.132. The SMILES string of the molecule is CC/C(=C/CNC(C)(C)c1nccs1)C(=O)O. The lowest BCUT2D eigenvalue weighted by Gasteiger charge is -2.23. The number of carboxylic acid groups (broad SMARTS) is 1. The van der Waals surface area contributed by atoms with Crippen molar-refractivity contribution >= 4 is 17.3 Å². The highest BCUT2D eigenvalue weighted by Crippen LogP contribution is 2.21. The molecule has 0 aliphatic heterocycles. The van der Waals surface area contributed by atoms with Crippen LogP contribution in [0.1, 0.15) is 32.2 Å². The molecule has 1 heterocycles. The van der Waals surface area contributed by atoms with Crippen molar-refractivity contribution in [1.29, 1.82) is 0 Å². The molecule has 0 unspecified atom stereocenters. The molecular weight excluding hydrogens is 236 g/mol. The maximum Gasteiger partial charge on any atom is 0.331 e. The molecule has 1 aromatic rings. The van der Waals surface area contributed by atoms with Gasteiger partial charge in [-0.3, -0.25) is 0 Å². The fourth-order valence-corrected chi connectivity index (χ4v) is 2.16. The smallest absolute Gasteiger partial charge is 0.331 e. The number of hydrogen-bond donors (Lipinski definition) is 2. The van der Waals surface area contributed by atoms with Crippen molar-refractivity contribution in [3.05, 3.63) is 28.2 Å². The summed E-state index contributed by atoms with van der Waals surface area (Å²) in [5.74, 6) is -0.846. The average Bonchev–Trinajstić information content (AvgIpc) is 2.77. The Balaban J connectivity index is 2.59. The maximum absolute atomic E-state index is 10.8. The zero-order valence-corrected chi connectivity index (χ0v) is 11.2. The van der Waals surface area contributed by atoms with Crippen molar-refractivity contribution in [2.24, 2.45) is 0 Å². The van der Waals surface area contributed by atoms with E-state index >= 15 is 0 Å². The van der Waals surface area contributed by atoms with Gasteiger partial charge in [-0.1, -0.05) is 13.0 Å². The molecule has 0 aliphatic rings. The van der Waals surface area contributed by atoms with Gasteiger partial charge in [-0.25, -0.2) is 9.78 Å². The number of carbonyl (C=O) groups is 1. The van der Waals surface area contributed by atoms with E-state index in [2.05, 4.69) is 10.3 Å². The number of aromatic nitrogens is 1. The van der Waals surface area contributed by atoms with Crippen LogP contribution in [-0.4, -0.2) is 22.6 Å². The Hall–Kier alpha value is -1.20. The topological polar surface area (TPSA) is 62.2 Å². The van der Waals surface area contributed by atoms with Crippen LogP contribution in [0.4, 0.5) is 0 Å². The van der Waals surface area contributed by atoms with Gasteiger partial charge in [-0.2, -0.15) is 0 Å². The Labute approximate surface area is 105 Å². The van der Waals surface area contributed by atoms with E-state index in [1.54, 1.807) is 23.6 Å². The van der Waals surface area contributed by atoms with E-state index in [1.807, 2.05) is 26.2 Å². The van der Waals surface area contributed by atoms with Gasteiger partial charge in [0.1, 0.15) is 5.01 Å². The highest BCUT2D eigenvalue weighted by molar-refractivity contribution is 7.09. The summed E-state index contributed by atoms with van der Waals surface area (Å²) < 4.78 is 0. The molecule has 17 heavy (non-hydrogen) atoms. The molecule has 0 amide bonds. The van der Waals surface area contributed by atoms with Gasteiger partial charge < -0.3 is 10.4 Å². The van der Waals surface area contributed by atoms with Crippen LogP contribution >= 0.6 is 11.3 Å². The molecule has 2 N–H and O–H groups in total. The standard InChI is InChI=1S/C12H18N2O2S/c1-4-9(10(15)16)5-6-14-12(2,3)11-13-7-8-17-11/h5,7-8,14H,4,6H2,1-3H3,(H,15,16)/b9-5-. The number of nitrogens with one attached hydrogen (secondary N) is 1. The summed E-state index contributed by atoms with van der Waals surface area (Å²) in [4.78, 5) is 15.1. The predicted molar refractivity (Wildman–Crippen MR) is 69.2 cm³/mol. The number of carboxylic acids is 1. The third-order valence-corrected chi connectivity index (χ3v) is 3.61. The number of nitrogens with zero attached hydrogens (tertiary/aromatic N) is 1. The molecular formula is C12H18N2O2S. The van der Waals surface area contributed by atoms with Crippen LogP contribution in [-0.2, 0) is 10.3 Å². The first-order valence-electron chi connectivity index (χ1n) is 5.54. The zero-order valence-electron chi connectivity index (χ0n) is 10.4. The largest absolute Gasteiger partial charge is 0.478 e. The van der Waals surface area contributed by atoms with Crippen LogP contribution in [0.3, 0.4) is 0 Å². The highest BCUT2D eigenvalue weighted by atomic mass is 32.1. The molecule has 0 atom stereocenters. The van der Waals surface area contributed by atoms with Crippen LogP contribution in [0.2, 0.25) is 0 Å². The van der Waals surface area contributed by atoms with Gasteiger partial charge >= 0.3 is 5.97 Å². The van der Waals surface area contributed by atoms with Crippen molar-refractivity contribution in [3.8, 4) is 0 Å². The second-order valence-corrected chi connectivity index (χ2v) is 5.13. The summed E-state index contributed by atoms with van der Waals surface area (Å²) in [6, 6.07) is 0. The number of hydrogen-bond acceptors (Lipinski definition) is 4. The molecule has 0 aromatic carbocycles. The molecule has 0 saturated carbocycles. The fraction of sp³-hybridized carbons (Fsp3) is 0.500. The van der Waals surface area contributed by atoms with Gasteiger partial charge in [0.2, 0.25) is 0 Å². The van der Waals surface area contributed by atoms with Crippen LogP contribution in [0.5, 0.6) is 0 Å². The van der Waals surface area contributed by atoms with Crippen LogP contribution in [0.15, 0.2) is 23.2 Å². The molecule has 4 nitrogen and oxygen atoms in total. The highest BCUT2D eigenvalue weighted by Gasteiger charge is 2.21. The second kappa shape index (κ2) is 5.93. The number of aliphatic carboxylic acids is 1. The van der Waals surface area contributed by atoms with E-state index in [1.165, 1.54) is 0 Å². The lowest BCUT2D eigenvalue weighted by Crippen LogP contribution is -2.36. The van der Waals surface area contributed by atoms with Crippen molar-refractivity contribution < 1.29 is 9.90 Å². The van der Waals surface area contributed by atoms with Gasteiger partial charge in [0.05, 0.1) is 5.54 Å². The van der Waals surface area contributed by atoms with Gasteiger partial charge in [0.15, 0.2) is 0 Å². The molecule has 0 bridgehead atoms. The summed E-state index contributed by atoms with van der Waals surface area (Å²) in [7, 11) is 0. The minimum absolute atomic E-state index is 0.234. The Morgan fingerprint density at radius 3 is 2.82 bits per heavy atom. The molecule has 0 spiro atoms. The number of rotatable bonds is 6. The first kappa shape index (κ1) is 13.9. The first-order chi connectivity index (χ1) is 7.97. The maximum atomic E-state index is 10.8. The average molecular weight is 254 g/mol. The Morgan fingerprint density at radius 2 is 2.35 bits per heavy atom. The fourth-order valence-electron chi connectivity index (χ4n) is 1.42. The predicted octanol–water partition coefficient (Wildman–Crippen LogP) is 2.39. The molecule has 0 radical (unpaired) electrons. The molecule has 94 valence electrons. The second-order valence-electron chi connectivity index (χ2n) is 4.23. The van der Waals surface area contributed by atoms with Crippen LogP contribution in [0.25, 0.3) is 0 Å². The van der Waals surface area contributed by atoms with Gasteiger partial charge in [-0.15, -0.1) is 11.3 Å². The van der Waals surface area contributed by atoms with Crippen molar-refractivity contribution in [2.75, 3.05) is 6.54 Å². The summed E-state index contributed by atoms with van der Waals surface area (Å²) in [6.07, 6.45) is 4.03. The monoisotopic (exact) mass is 254 g/mol. The minimum Gasteiger partial charge on any atom is -0.478 e. The minimum atomic E-state index is -0.846. The van der Waals surface area contributed by atoms with E-state index in [9.17, 15) is 4.79 Å². The van der Waals surface area contributed by atoms with Crippen molar-refractivity contribution in [2.45, 2.75) is 32.7 Å². The van der Waals surface area contributed by atoms with Crippen molar-refractivity contribution in [1.82, 2.24) is 10.3 Å². The van der Waals surface area contributed by atoms with E-state index < -0.39 is 5.97 Å². The first-order valence-corrected chi connectivity index (χ1v) is 6.42. The van der Waals surface area contributed by atoms with E-state index in [0.717, 1.165) is 5.01 Å². The summed E-state index contributed by atoms with van der Waals surface area (Å²) in [5, 5.41) is 15.1. The Bertz CT molecular complexity index is 397. The quantitative estimate of drug-likeness (QED) is 0.765. The van der Waals surface area contributed by atoms with Crippen LogP contribution < -0.4 is 5.32 Å². The third-order valence-electron chi connectivity index (χ3n) is 2.52. The zero-order chi connectivity index (χ0) is 12.9. The van der Waals surface area contributed by atoms with E-state index in [-0.39, 0.29) is 5.54 Å². The lowest BCUT2D eigenvalue weighted by atomic mass is 10.1. The Morgan fingerprint density at radius 1 is 1.65 bits per heavy atom. The molecule has 0 aliphatic carbocycles. The van der Waals surface area contributed by atoms with Crippen LogP contribution in [0, 0.1) is 0 Å². The molecule has 1 rings (SSSR count). The van der Waals surface area contributed by atoms with E-state index in [0.29, 0.717) is 18.5 Å². The molecule has 0 saturated heterocycles. The molecule has 0 fully saturated rings. The summed E-state index contributed by atoms with van der Waals surface area (Å²) >= 11 is 1.59.